The highest BCUT2D eigenvalue weighted by atomic mass is 32.2. The number of nitrogen functional groups attached to an aromatic ring is 1. The van der Waals surface area contributed by atoms with Gasteiger partial charge in [0.15, 0.2) is 0 Å². The lowest BCUT2D eigenvalue weighted by atomic mass is 10.3. The van der Waals surface area contributed by atoms with Crippen LogP contribution in [0.25, 0.3) is 0 Å². The van der Waals surface area contributed by atoms with Gasteiger partial charge in [0.25, 0.3) is 0 Å². The molecule has 0 radical (unpaired) electrons. The van der Waals surface area contributed by atoms with Crippen LogP contribution in [0.5, 0.6) is 0 Å². The van der Waals surface area contributed by atoms with E-state index in [1.165, 1.54) is 6.07 Å². The van der Waals surface area contributed by atoms with Gasteiger partial charge in [0.2, 0.25) is 10.0 Å². The molecule has 0 saturated heterocycles. The van der Waals surface area contributed by atoms with Crippen molar-refractivity contribution < 1.29 is 8.42 Å². The summed E-state index contributed by atoms with van der Waals surface area (Å²) in [4.78, 5) is 3.14. The predicted molar refractivity (Wildman–Crippen MR) is 81.0 cm³/mol. The van der Waals surface area contributed by atoms with E-state index in [0.29, 0.717) is 12.2 Å². The van der Waals surface area contributed by atoms with Crippen LogP contribution in [0.15, 0.2) is 28.0 Å². The van der Waals surface area contributed by atoms with Crippen LogP contribution in [0.1, 0.15) is 6.92 Å². The van der Waals surface area contributed by atoms with Crippen molar-refractivity contribution in [2.75, 3.05) is 38.7 Å². The maximum absolute atomic E-state index is 11.9. The topological polar surface area (TPSA) is 75.4 Å². The van der Waals surface area contributed by atoms with Crippen molar-refractivity contribution in [1.29, 1.82) is 0 Å². The number of thioether (sulfide) groups is 1. The Morgan fingerprint density at radius 2 is 2.05 bits per heavy atom. The second-order valence-electron chi connectivity index (χ2n) is 4.35. The fourth-order valence-corrected chi connectivity index (χ4v) is 3.68. The number of hydrogen-bond acceptors (Lipinski definition) is 5. The minimum Gasteiger partial charge on any atom is -0.398 e. The molecule has 0 aliphatic rings. The molecule has 0 aromatic heterocycles. The second kappa shape index (κ2) is 7.14. The molecule has 0 amide bonds. The van der Waals surface area contributed by atoms with Gasteiger partial charge in [-0.05, 0) is 32.3 Å². The lowest BCUT2D eigenvalue weighted by Gasteiger charge is -2.11. The molecule has 0 fully saturated rings. The quantitative estimate of drug-likeness (QED) is 0.585. The van der Waals surface area contributed by atoms with Crippen LogP contribution in [-0.2, 0) is 10.0 Å². The highest BCUT2D eigenvalue weighted by molar-refractivity contribution is 7.99. The van der Waals surface area contributed by atoms with Crippen LogP contribution in [0.4, 0.5) is 5.69 Å². The number of rotatable bonds is 7. The number of nitrogens with zero attached hydrogens (tertiary/aromatic N) is 1. The standard InChI is InChI=1S/C12H21N3O2S2/c1-4-14-19(16,17)10-5-6-11(13)12(9-10)18-8-7-15(2)3/h5-6,9,14H,4,7-8,13H2,1-3H3. The van der Waals surface area contributed by atoms with Gasteiger partial charge < -0.3 is 10.6 Å². The maximum atomic E-state index is 11.9. The molecule has 7 heteroatoms. The Hall–Kier alpha value is -0.760. The fourth-order valence-electron chi connectivity index (χ4n) is 1.42. The average molecular weight is 303 g/mol. The van der Waals surface area contributed by atoms with E-state index in [0.717, 1.165) is 17.2 Å². The molecule has 108 valence electrons. The monoisotopic (exact) mass is 303 g/mol. The molecule has 1 aromatic rings. The summed E-state index contributed by atoms with van der Waals surface area (Å²) in [6, 6.07) is 4.80. The molecule has 0 bridgehead atoms. The first kappa shape index (κ1) is 16.3. The first-order valence-electron chi connectivity index (χ1n) is 6.03. The first-order valence-corrected chi connectivity index (χ1v) is 8.50. The summed E-state index contributed by atoms with van der Waals surface area (Å²) >= 11 is 1.56. The van der Waals surface area contributed by atoms with Crippen LogP contribution in [0, 0.1) is 0 Å². The van der Waals surface area contributed by atoms with Gasteiger partial charge in [-0.1, -0.05) is 6.92 Å². The lowest BCUT2D eigenvalue weighted by Crippen LogP contribution is -2.23. The normalized spacial score (nSPS) is 12.0. The molecule has 0 aliphatic heterocycles. The van der Waals surface area contributed by atoms with Crippen LogP contribution in [-0.4, -0.2) is 46.3 Å². The van der Waals surface area contributed by atoms with Gasteiger partial charge in [0, 0.05) is 29.4 Å². The summed E-state index contributed by atoms with van der Waals surface area (Å²) in [7, 11) is 0.572. The Kier molecular flexibility index (Phi) is 6.12. The van der Waals surface area contributed by atoms with Crippen molar-refractivity contribution >= 4 is 27.5 Å². The van der Waals surface area contributed by atoms with Gasteiger partial charge in [0.05, 0.1) is 4.90 Å². The molecule has 0 unspecified atom stereocenters. The van der Waals surface area contributed by atoms with Gasteiger partial charge in [0.1, 0.15) is 0 Å². The molecule has 1 aromatic carbocycles. The molecule has 1 rings (SSSR count). The molecular weight excluding hydrogens is 282 g/mol. The summed E-state index contributed by atoms with van der Waals surface area (Å²) in [6.07, 6.45) is 0. The van der Waals surface area contributed by atoms with E-state index in [1.807, 2.05) is 14.1 Å². The van der Waals surface area contributed by atoms with Gasteiger partial charge in [-0.15, -0.1) is 11.8 Å². The average Bonchev–Trinajstić information content (AvgIpc) is 2.30. The molecule has 5 nitrogen and oxygen atoms in total. The van der Waals surface area contributed by atoms with Crippen molar-refractivity contribution in [2.24, 2.45) is 0 Å². The summed E-state index contributed by atoms with van der Waals surface area (Å²) in [5.74, 6) is 0.863. The minimum atomic E-state index is -3.42. The molecule has 19 heavy (non-hydrogen) atoms. The molecular formula is C12H21N3O2S2. The number of nitrogens with one attached hydrogen (secondary N) is 1. The highest BCUT2D eigenvalue weighted by Gasteiger charge is 2.14. The van der Waals surface area contributed by atoms with Crippen molar-refractivity contribution in [3.8, 4) is 0 Å². The molecule has 0 spiro atoms. The van der Waals surface area contributed by atoms with Crippen molar-refractivity contribution in [3.63, 3.8) is 0 Å². The Morgan fingerprint density at radius 1 is 1.37 bits per heavy atom. The smallest absolute Gasteiger partial charge is 0.240 e. The predicted octanol–water partition coefficient (Wildman–Crippen LogP) is 1.22. The van der Waals surface area contributed by atoms with Crippen molar-refractivity contribution in [3.05, 3.63) is 18.2 Å². The van der Waals surface area contributed by atoms with E-state index < -0.39 is 10.0 Å². The largest absolute Gasteiger partial charge is 0.398 e. The maximum Gasteiger partial charge on any atom is 0.240 e. The zero-order valence-electron chi connectivity index (χ0n) is 11.5. The third-order valence-corrected chi connectivity index (χ3v) is 5.02. The Bertz CT molecular complexity index is 516. The van der Waals surface area contributed by atoms with Gasteiger partial charge in [-0.2, -0.15) is 0 Å². The SMILES string of the molecule is CCNS(=O)(=O)c1ccc(N)c(SCCN(C)C)c1. The second-order valence-corrected chi connectivity index (χ2v) is 7.26. The van der Waals surface area contributed by atoms with E-state index >= 15 is 0 Å². The van der Waals surface area contributed by atoms with Crippen molar-refractivity contribution in [2.45, 2.75) is 16.7 Å². The van der Waals surface area contributed by atoms with Gasteiger partial charge in [-0.3, -0.25) is 0 Å². The fraction of sp³-hybridized carbons (Fsp3) is 0.500. The Labute approximate surface area is 119 Å². The molecule has 0 aliphatic carbocycles. The van der Waals surface area contributed by atoms with E-state index in [-0.39, 0.29) is 4.90 Å². The van der Waals surface area contributed by atoms with E-state index in [2.05, 4.69) is 9.62 Å². The van der Waals surface area contributed by atoms with Crippen LogP contribution >= 0.6 is 11.8 Å². The number of nitrogens with two attached hydrogens (primary N) is 1. The lowest BCUT2D eigenvalue weighted by molar-refractivity contribution is 0.437. The van der Waals surface area contributed by atoms with E-state index in [9.17, 15) is 8.42 Å². The Balaban J connectivity index is 2.88. The number of benzene rings is 1. The van der Waals surface area contributed by atoms with Gasteiger partial charge in [-0.25, -0.2) is 13.1 Å². The van der Waals surface area contributed by atoms with E-state index in [1.54, 1.807) is 30.8 Å². The van der Waals surface area contributed by atoms with Crippen LogP contribution in [0.2, 0.25) is 0 Å². The zero-order chi connectivity index (χ0) is 14.5. The molecule has 3 N–H and O–H groups in total. The first-order chi connectivity index (χ1) is 8.86. The highest BCUT2D eigenvalue weighted by Crippen LogP contribution is 2.27. The number of anilines is 1. The summed E-state index contributed by atoms with van der Waals surface area (Å²) in [5.41, 5.74) is 6.48. The number of hydrogen-bond donors (Lipinski definition) is 2. The minimum absolute atomic E-state index is 0.260. The Morgan fingerprint density at radius 3 is 2.63 bits per heavy atom. The molecule has 0 atom stereocenters. The van der Waals surface area contributed by atoms with E-state index in [4.69, 9.17) is 5.73 Å². The molecule has 0 heterocycles. The van der Waals surface area contributed by atoms with Crippen LogP contribution in [0.3, 0.4) is 0 Å². The van der Waals surface area contributed by atoms with Gasteiger partial charge >= 0.3 is 0 Å². The summed E-state index contributed by atoms with van der Waals surface area (Å²) in [5, 5.41) is 0. The van der Waals surface area contributed by atoms with Crippen molar-refractivity contribution in [1.82, 2.24) is 9.62 Å². The zero-order valence-corrected chi connectivity index (χ0v) is 13.1. The third-order valence-electron chi connectivity index (χ3n) is 2.43. The van der Waals surface area contributed by atoms with Crippen LogP contribution < -0.4 is 10.5 Å². The number of sulfonamides is 1. The summed E-state index contributed by atoms with van der Waals surface area (Å²) < 4.78 is 26.3. The third kappa shape index (κ3) is 5.02. The summed E-state index contributed by atoms with van der Waals surface area (Å²) in [6.45, 7) is 3.03. The molecule has 0 saturated carbocycles.